The number of imide groups is 1. The van der Waals surface area contributed by atoms with Crippen LogP contribution in [-0.2, 0) is 9.59 Å². The summed E-state index contributed by atoms with van der Waals surface area (Å²) in [5.41, 5.74) is 2.61. The average molecular weight is 291 g/mol. The highest BCUT2D eigenvalue weighted by atomic mass is 16.2. The molecule has 0 spiro atoms. The molecule has 21 heavy (non-hydrogen) atoms. The zero-order valence-corrected chi connectivity index (χ0v) is 13.8. The van der Waals surface area contributed by atoms with E-state index in [1.807, 2.05) is 0 Å². The Kier molecular flexibility index (Phi) is 5.60. The van der Waals surface area contributed by atoms with Gasteiger partial charge in [-0.05, 0) is 33.1 Å². The van der Waals surface area contributed by atoms with Crippen LogP contribution in [0.25, 0.3) is 0 Å². The number of amides is 2. The third kappa shape index (κ3) is 3.56. The molecule has 2 amide bonds. The van der Waals surface area contributed by atoms with Gasteiger partial charge in [0.25, 0.3) is 0 Å². The van der Waals surface area contributed by atoms with Gasteiger partial charge in [0.15, 0.2) is 0 Å². The van der Waals surface area contributed by atoms with E-state index in [2.05, 4.69) is 20.8 Å². The molecule has 1 aliphatic carbocycles. The first-order valence-corrected chi connectivity index (χ1v) is 8.56. The van der Waals surface area contributed by atoms with Crippen molar-refractivity contribution in [2.75, 3.05) is 6.54 Å². The molecule has 1 heterocycles. The molecule has 0 radical (unpaired) electrons. The first-order chi connectivity index (χ1) is 10.1. The van der Waals surface area contributed by atoms with Gasteiger partial charge in [0.1, 0.15) is 0 Å². The number of fused-ring (bicyclic) bond motifs is 1. The van der Waals surface area contributed by atoms with Crippen LogP contribution in [0.15, 0.2) is 11.1 Å². The summed E-state index contributed by atoms with van der Waals surface area (Å²) in [6.45, 7) is 7.04. The third-order valence-electron chi connectivity index (χ3n) is 5.17. The van der Waals surface area contributed by atoms with Crippen molar-refractivity contribution in [3.05, 3.63) is 11.1 Å². The molecule has 0 aromatic carbocycles. The molecular formula is C18H29NO2. The molecule has 1 aliphatic heterocycles. The quantitative estimate of drug-likeness (QED) is 0.403. The number of carbonyl (C=O) groups is 2. The summed E-state index contributed by atoms with van der Waals surface area (Å²) in [7, 11) is 0. The normalized spacial score (nSPS) is 25.8. The molecule has 0 N–H and O–H groups in total. The number of allylic oxidation sites excluding steroid dienone is 2. The van der Waals surface area contributed by atoms with Crippen LogP contribution >= 0.6 is 0 Å². The maximum Gasteiger partial charge on any atom is 0.233 e. The Morgan fingerprint density at radius 1 is 0.857 bits per heavy atom. The van der Waals surface area contributed by atoms with Crippen LogP contribution in [0, 0.1) is 11.8 Å². The van der Waals surface area contributed by atoms with Crippen molar-refractivity contribution in [1.82, 2.24) is 4.90 Å². The fraction of sp³-hybridized carbons (Fsp3) is 0.778. The fourth-order valence-electron chi connectivity index (χ4n) is 3.59. The fourth-order valence-corrected chi connectivity index (χ4v) is 3.59. The van der Waals surface area contributed by atoms with Crippen LogP contribution in [0.3, 0.4) is 0 Å². The number of unbranched alkanes of at least 4 members (excludes halogenated alkanes) is 5. The standard InChI is InChI=1S/C18H29NO2/c1-4-5-6-7-8-9-10-19-17(20)15-11-13(2)14(3)12-16(15)18(19)21/h15-16H,4-12H2,1-3H3/t15-,16+. The molecule has 0 bridgehead atoms. The van der Waals surface area contributed by atoms with Crippen LogP contribution < -0.4 is 0 Å². The molecule has 0 aromatic rings. The maximum absolute atomic E-state index is 12.5. The second-order valence-electron chi connectivity index (χ2n) is 6.78. The van der Waals surface area contributed by atoms with Gasteiger partial charge in [0.05, 0.1) is 11.8 Å². The van der Waals surface area contributed by atoms with E-state index in [9.17, 15) is 9.59 Å². The molecular weight excluding hydrogens is 262 g/mol. The van der Waals surface area contributed by atoms with Crippen LogP contribution in [-0.4, -0.2) is 23.3 Å². The van der Waals surface area contributed by atoms with E-state index in [1.165, 1.54) is 36.8 Å². The van der Waals surface area contributed by atoms with Gasteiger partial charge in [0, 0.05) is 6.54 Å². The van der Waals surface area contributed by atoms with Crippen LogP contribution in [0.1, 0.15) is 72.1 Å². The molecule has 0 saturated carbocycles. The molecule has 1 fully saturated rings. The van der Waals surface area contributed by atoms with Crippen LogP contribution in [0.2, 0.25) is 0 Å². The zero-order chi connectivity index (χ0) is 15.4. The van der Waals surface area contributed by atoms with Gasteiger partial charge in [-0.3, -0.25) is 14.5 Å². The molecule has 2 rings (SSSR count). The number of hydrogen-bond acceptors (Lipinski definition) is 2. The maximum atomic E-state index is 12.5. The minimum Gasteiger partial charge on any atom is -0.282 e. The number of carbonyl (C=O) groups excluding carboxylic acids is 2. The number of rotatable bonds is 7. The Bertz CT molecular complexity index is 406. The highest BCUT2D eigenvalue weighted by Crippen LogP contribution is 2.40. The molecule has 2 atom stereocenters. The lowest BCUT2D eigenvalue weighted by Crippen LogP contribution is -2.32. The van der Waals surface area contributed by atoms with Gasteiger partial charge < -0.3 is 0 Å². The lowest BCUT2D eigenvalue weighted by Gasteiger charge is -2.23. The Labute approximate surface area is 128 Å². The minimum absolute atomic E-state index is 0.0682. The highest BCUT2D eigenvalue weighted by molar-refractivity contribution is 6.05. The first kappa shape index (κ1) is 16.3. The molecule has 0 unspecified atom stereocenters. The Morgan fingerprint density at radius 2 is 1.33 bits per heavy atom. The third-order valence-corrected chi connectivity index (χ3v) is 5.17. The van der Waals surface area contributed by atoms with Crippen molar-refractivity contribution in [3.63, 3.8) is 0 Å². The van der Waals surface area contributed by atoms with Gasteiger partial charge in [-0.1, -0.05) is 50.2 Å². The molecule has 118 valence electrons. The summed E-state index contributed by atoms with van der Waals surface area (Å²) in [4.78, 5) is 26.5. The Hall–Kier alpha value is -1.12. The monoisotopic (exact) mass is 291 g/mol. The van der Waals surface area contributed by atoms with E-state index < -0.39 is 0 Å². The first-order valence-electron chi connectivity index (χ1n) is 8.56. The molecule has 1 saturated heterocycles. The largest absolute Gasteiger partial charge is 0.282 e. The van der Waals surface area contributed by atoms with Crippen molar-refractivity contribution in [2.24, 2.45) is 11.8 Å². The lowest BCUT2D eigenvalue weighted by atomic mass is 9.78. The van der Waals surface area contributed by atoms with E-state index in [4.69, 9.17) is 0 Å². The summed E-state index contributed by atoms with van der Waals surface area (Å²) < 4.78 is 0. The van der Waals surface area contributed by atoms with Crippen molar-refractivity contribution in [1.29, 1.82) is 0 Å². The topological polar surface area (TPSA) is 37.4 Å². The Balaban J connectivity index is 1.84. The van der Waals surface area contributed by atoms with Gasteiger partial charge in [0.2, 0.25) is 11.8 Å². The number of hydrogen-bond donors (Lipinski definition) is 0. The average Bonchev–Trinajstić information content (AvgIpc) is 2.68. The SMILES string of the molecule is CCCCCCCCN1C(=O)[C@H]2CC(C)=C(C)C[C@H]2C1=O. The predicted octanol–water partition coefficient (Wildman–Crippen LogP) is 4.08. The van der Waals surface area contributed by atoms with Crippen molar-refractivity contribution in [3.8, 4) is 0 Å². The molecule has 3 nitrogen and oxygen atoms in total. The summed E-state index contributed by atoms with van der Waals surface area (Å²) >= 11 is 0. The van der Waals surface area contributed by atoms with Crippen molar-refractivity contribution < 1.29 is 9.59 Å². The van der Waals surface area contributed by atoms with E-state index in [0.29, 0.717) is 6.54 Å². The molecule has 3 heteroatoms. The number of likely N-dealkylation sites (tertiary alicyclic amines) is 1. The van der Waals surface area contributed by atoms with Gasteiger partial charge in [-0.25, -0.2) is 0 Å². The smallest absolute Gasteiger partial charge is 0.233 e. The summed E-state index contributed by atoms with van der Waals surface area (Å²) in [6, 6.07) is 0. The zero-order valence-electron chi connectivity index (χ0n) is 13.8. The lowest BCUT2D eigenvalue weighted by molar-refractivity contribution is -0.139. The van der Waals surface area contributed by atoms with E-state index in [1.54, 1.807) is 4.90 Å². The predicted molar refractivity (Wildman–Crippen MR) is 84.7 cm³/mol. The highest BCUT2D eigenvalue weighted by Gasteiger charge is 2.48. The summed E-state index contributed by atoms with van der Waals surface area (Å²) in [5, 5.41) is 0. The minimum atomic E-state index is -0.0682. The van der Waals surface area contributed by atoms with E-state index in [0.717, 1.165) is 25.7 Å². The Morgan fingerprint density at radius 3 is 1.86 bits per heavy atom. The van der Waals surface area contributed by atoms with Crippen LogP contribution in [0.5, 0.6) is 0 Å². The van der Waals surface area contributed by atoms with E-state index in [-0.39, 0.29) is 23.7 Å². The van der Waals surface area contributed by atoms with Crippen molar-refractivity contribution >= 4 is 11.8 Å². The summed E-state index contributed by atoms with van der Waals surface area (Å²) in [5.74, 6) is 0.0402. The molecule has 2 aliphatic rings. The van der Waals surface area contributed by atoms with Gasteiger partial charge >= 0.3 is 0 Å². The number of nitrogens with zero attached hydrogens (tertiary/aromatic N) is 1. The summed E-state index contributed by atoms with van der Waals surface area (Å²) in [6.07, 6.45) is 8.69. The van der Waals surface area contributed by atoms with Crippen molar-refractivity contribution in [2.45, 2.75) is 72.1 Å². The van der Waals surface area contributed by atoms with Crippen LogP contribution in [0.4, 0.5) is 0 Å². The van der Waals surface area contributed by atoms with Gasteiger partial charge in [-0.2, -0.15) is 0 Å². The molecule has 0 aromatic heterocycles. The second-order valence-corrected chi connectivity index (χ2v) is 6.78. The van der Waals surface area contributed by atoms with Gasteiger partial charge in [-0.15, -0.1) is 0 Å². The van der Waals surface area contributed by atoms with E-state index >= 15 is 0 Å². The second kappa shape index (κ2) is 7.24.